The number of aromatic nitrogens is 4. The lowest BCUT2D eigenvalue weighted by atomic mass is 10.2. The summed E-state index contributed by atoms with van der Waals surface area (Å²) < 4.78 is 1.12. The Morgan fingerprint density at radius 1 is 1.00 bits per heavy atom. The molecule has 0 bridgehead atoms. The molecule has 1 aliphatic carbocycles. The number of para-hydroxylation sites is 1. The fourth-order valence-electron chi connectivity index (χ4n) is 3.25. The van der Waals surface area contributed by atoms with Crippen molar-refractivity contribution < 1.29 is 9.90 Å². The number of carbonyl (C=O) groups is 1. The highest BCUT2D eigenvalue weighted by Gasteiger charge is 2.23. The smallest absolute Gasteiger partial charge is 0.355 e. The maximum Gasteiger partial charge on any atom is 0.355 e. The predicted molar refractivity (Wildman–Crippen MR) is 109 cm³/mol. The second-order valence-corrected chi connectivity index (χ2v) is 8.18. The number of thiazole rings is 2. The van der Waals surface area contributed by atoms with Crippen LogP contribution in [0.25, 0.3) is 10.2 Å². The summed E-state index contributed by atoms with van der Waals surface area (Å²) in [5.74, 6) is 0.312. The van der Waals surface area contributed by atoms with Crippen molar-refractivity contribution in [3.05, 3.63) is 46.5 Å². The van der Waals surface area contributed by atoms with Gasteiger partial charge in [0.15, 0.2) is 27.6 Å². The monoisotopic (exact) mass is 410 g/mol. The zero-order valence-corrected chi connectivity index (χ0v) is 16.1. The van der Waals surface area contributed by atoms with Gasteiger partial charge < -0.3 is 15.7 Å². The van der Waals surface area contributed by atoms with Gasteiger partial charge in [-0.15, -0.1) is 21.5 Å². The molecule has 8 nitrogen and oxygen atoms in total. The van der Waals surface area contributed by atoms with E-state index in [0.717, 1.165) is 51.6 Å². The van der Waals surface area contributed by atoms with E-state index in [2.05, 4.69) is 30.8 Å². The van der Waals surface area contributed by atoms with E-state index in [0.29, 0.717) is 10.9 Å². The summed E-state index contributed by atoms with van der Waals surface area (Å²) in [5.41, 5.74) is 3.18. The Kier molecular flexibility index (Phi) is 4.14. The van der Waals surface area contributed by atoms with E-state index in [1.54, 1.807) is 11.3 Å². The highest BCUT2D eigenvalue weighted by atomic mass is 32.1. The molecular formula is C18H14N6O2S2. The van der Waals surface area contributed by atoms with Crippen molar-refractivity contribution >= 4 is 60.8 Å². The average molecular weight is 410 g/mol. The Morgan fingerprint density at radius 2 is 1.71 bits per heavy atom. The number of rotatable bonds is 5. The molecular weight excluding hydrogens is 396 g/mol. The predicted octanol–water partition coefficient (Wildman–Crippen LogP) is 4.22. The van der Waals surface area contributed by atoms with Crippen molar-refractivity contribution in [3.63, 3.8) is 0 Å². The molecule has 10 heteroatoms. The fourth-order valence-corrected chi connectivity index (χ4v) is 4.79. The van der Waals surface area contributed by atoms with Crippen molar-refractivity contribution in [1.29, 1.82) is 0 Å². The lowest BCUT2D eigenvalue weighted by molar-refractivity contribution is 0.0691. The van der Waals surface area contributed by atoms with Gasteiger partial charge in [0, 0.05) is 16.5 Å². The Bertz CT molecular complexity index is 1170. The third-order valence-corrected chi connectivity index (χ3v) is 6.22. The third kappa shape index (κ3) is 3.06. The van der Waals surface area contributed by atoms with Gasteiger partial charge in [-0.2, -0.15) is 0 Å². The minimum absolute atomic E-state index is 0.0197. The highest BCUT2D eigenvalue weighted by molar-refractivity contribution is 7.22. The number of carboxylic acid groups (broad SMARTS) is 1. The molecule has 0 spiro atoms. The Morgan fingerprint density at radius 3 is 2.39 bits per heavy atom. The molecule has 4 aromatic rings. The summed E-state index contributed by atoms with van der Waals surface area (Å²) in [6, 6.07) is 8.00. The van der Waals surface area contributed by atoms with Gasteiger partial charge in [-0.3, -0.25) is 0 Å². The number of nitrogens with zero attached hydrogens (tertiary/aromatic N) is 4. The number of fused-ring (bicyclic) bond motifs is 2. The minimum atomic E-state index is -1.05. The fraction of sp³-hybridized carbons (Fsp3) is 0.167. The number of aromatic carboxylic acids is 1. The van der Waals surface area contributed by atoms with Gasteiger partial charge in [-0.25, -0.2) is 14.8 Å². The Labute approximate surface area is 167 Å². The molecule has 3 heterocycles. The van der Waals surface area contributed by atoms with Crippen LogP contribution in [0.3, 0.4) is 0 Å². The summed E-state index contributed by atoms with van der Waals surface area (Å²) in [5, 5.41) is 26.9. The molecule has 0 unspecified atom stereocenters. The van der Waals surface area contributed by atoms with Gasteiger partial charge in [0.05, 0.1) is 10.2 Å². The quantitative estimate of drug-likeness (QED) is 0.448. The summed E-state index contributed by atoms with van der Waals surface area (Å²) in [6.45, 7) is 0. The van der Waals surface area contributed by atoms with Crippen LogP contribution in [-0.2, 0) is 12.8 Å². The topological polar surface area (TPSA) is 113 Å². The molecule has 3 aromatic heterocycles. The maximum absolute atomic E-state index is 11.0. The average Bonchev–Trinajstić information content (AvgIpc) is 3.42. The summed E-state index contributed by atoms with van der Waals surface area (Å²) in [4.78, 5) is 19.7. The van der Waals surface area contributed by atoms with Crippen LogP contribution in [0, 0.1) is 0 Å². The number of hydrogen-bond donors (Lipinski definition) is 3. The van der Waals surface area contributed by atoms with Crippen LogP contribution < -0.4 is 10.6 Å². The number of carboxylic acids is 1. The normalized spacial score (nSPS) is 12.9. The molecule has 1 aromatic carbocycles. The van der Waals surface area contributed by atoms with Gasteiger partial charge in [-0.05, 0) is 31.4 Å². The van der Waals surface area contributed by atoms with Crippen LogP contribution in [0.1, 0.15) is 28.0 Å². The van der Waals surface area contributed by atoms with E-state index in [4.69, 9.17) is 5.11 Å². The molecule has 1 aliphatic rings. The first-order valence-electron chi connectivity index (χ1n) is 8.64. The summed E-state index contributed by atoms with van der Waals surface area (Å²) >= 11 is 2.81. The van der Waals surface area contributed by atoms with E-state index < -0.39 is 5.97 Å². The zero-order chi connectivity index (χ0) is 19.1. The van der Waals surface area contributed by atoms with E-state index >= 15 is 0 Å². The maximum atomic E-state index is 11.0. The van der Waals surface area contributed by atoms with Crippen molar-refractivity contribution in [2.24, 2.45) is 0 Å². The Balaban J connectivity index is 1.44. The van der Waals surface area contributed by atoms with Gasteiger partial charge in [0.2, 0.25) is 0 Å². The van der Waals surface area contributed by atoms with Crippen LogP contribution in [0.15, 0.2) is 29.6 Å². The van der Waals surface area contributed by atoms with E-state index in [-0.39, 0.29) is 5.69 Å². The van der Waals surface area contributed by atoms with Crippen molar-refractivity contribution in [2.75, 3.05) is 10.6 Å². The summed E-state index contributed by atoms with van der Waals surface area (Å²) in [7, 11) is 0. The van der Waals surface area contributed by atoms with Crippen LogP contribution in [-0.4, -0.2) is 31.2 Å². The molecule has 0 saturated heterocycles. The van der Waals surface area contributed by atoms with Crippen molar-refractivity contribution in [1.82, 2.24) is 20.2 Å². The molecule has 0 saturated carbocycles. The first-order chi connectivity index (χ1) is 13.7. The molecule has 0 atom stereocenters. The first-order valence-corrected chi connectivity index (χ1v) is 10.3. The molecule has 0 aliphatic heterocycles. The largest absolute Gasteiger partial charge is 0.476 e. The molecule has 5 rings (SSSR count). The van der Waals surface area contributed by atoms with Crippen molar-refractivity contribution in [2.45, 2.75) is 19.3 Å². The van der Waals surface area contributed by atoms with Crippen LogP contribution in [0.4, 0.5) is 21.9 Å². The van der Waals surface area contributed by atoms with Crippen molar-refractivity contribution in [3.8, 4) is 0 Å². The standard InChI is InChI=1S/C18H14N6O2S2/c25-16(26)12-8-27-17(20-12)21-14-9-4-3-5-10(9)15(24-23-14)22-18-19-11-6-1-2-7-13(11)28-18/h1-2,6-8H,3-5H2,(H,25,26)(H,19,22,24)(H,20,21,23). The molecule has 28 heavy (non-hydrogen) atoms. The first kappa shape index (κ1) is 17.0. The number of hydrogen-bond acceptors (Lipinski definition) is 9. The van der Waals surface area contributed by atoms with Gasteiger partial charge >= 0.3 is 5.97 Å². The number of nitrogens with one attached hydrogen (secondary N) is 2. The molecule has 0 radical (unpaired) electrons. The van der Waals surface area contributed by atoms with Crippen LogP contribution in [0.5, 0.6) is 0 Å². The summed E-state index contributed by atoms with van der Waals surface area (Å²) in [6.07, 6.45) is 2.81. The molecule has 3 N–H and O–H groups in total. The number of anilines is 4. The molecule has 0 amide bonds. The van der Waals surface area contributed by atoms with Crippen LogP contribution >= 0.6 is 22.7 Å². The van der Waals surface area contributed by atoms with E-state index in [1.165, 1.54) is 16.7 Å². The lowest BCUT2D eigenvalue weighted by Crippen LogP contribution is -2.06. The molecule has 0 fully saturated rings. The SMILES string of the molecule is O=C(O)c1csc(Nc2nnc(Nc3nc4ccccc4s3)c3c2CCC3)n1. The minimum Gasteiger partial charge on any atom is -0.476 e. The van der Waals surface area contributed by atoms with E-state index in [1.807, 2.05) is 24.3 Å². The van der Waals surface area contributed by atoms with Gasteiger partial charge in [0.1, 0.15) is 0 Å². The Hall–Kier alpha value is -3.11. The second-order valence-electron chi connectivity index (χ2n) is 6.29. The van der Waals surface area contributed by atoms with Crippen LogP contribution in [0.2, 0.25) is 0 Å². The van der Waals surface area contributed by atoms with Gasteiger partial charge in [0.25, 0.3) is 0 Å². The molecule has 140 valence electrons. The number of benzene rings is 1. The second kappa shape index (κ2) is 6.80. The van der Waals surface area contributed by atoms with Gasteiger partial charge in [-0.1, -0.05) is 23.5 Å². The highest BCUT2D eigenvalue weighted by Crippen LogP contribution is 2.36. The zero-order valence-electron chi connectivity index (χ0n) is 14.5. The third-order valence-electron chi connectivity index (χ3n) is 4.51. The lowest BCUT2D eigenvalue weighted by Gasteiger charge is -2.11. The van der Waals surface area contributed by atoms with E-state index in [9.17, 15) is 4.79 Å².